The van der Waals surface area contributed by atoms with Crippen molar-refractivity contribution >= 4 is 53.0 Å². The third-order valence-electron chi connectivity index (χ3n) is 4.60. The fourth-order valence-corrected chi connectivity index (χ4v) is 4.64. The zero-order valence-electron chi connectivity index (χ0n) is 17.4. The molecule has 2 aromatic carbocycles. The van der Waals surface area contributed by atoms with E-state index in [9.17, 15) is 17.8 Å². The SMILES string of the molecule is CCCOc1cc2c(cc1C(=O)CCc1ccc(OC)c(OP(=O)(O)O)c1)OCS2(=O)=O.[NaH]. The van der Waals surface area contributed by atoms with E-state index < -0.39 is 23.6 Å². The summed E-state index contributed by atoms with van der Waals surface area (Å²) in [5, 5.41) is 0. The summed E-state index contributed by atoms with van der Waals surface area (Å²) in [7, 11) is -7.04. The first-order chi connectivity index (χ1) is 15.0. The van der Waals surface area contributed by atoms with Crippen molar-refractivity contribution < 1.29 is 46.3 Å². The minimum atomic E-state index is -4.80. The van der Waals surface area contributed by atoms with Crippen LogP contribution in [0.15, 0.2) is 35.2 Å². The number of rotatable bonds is 10. The first-order valence-electron chi connectivity index (χ1n) is 9.65. The Morgan fingerprint density at radius 3 is 2.52 bits per heavy atom. The molecule has 2 aromatic rings. The zero-order valence-corrected chi connectivity index (χ0v) is 19.1. The van der Waals surface area contributed by atoms with Crippen molar-refractivity contribution in [1.82, 2.24) is 0 Å². The van der Waals surface area contributed by atoms with Gasteiger partial charge in [-0.15, -0.1) is 0 Å². The molecule has 2 N–H and O–H groups in total. The zero-order chi connectivity index (χ0) is 23.5. The molecule has 33 heavy (non-hydrogen) atoms. The van der Waals surface area contributed by atoms with E-state index in [1.165, 1.54) is 31.4 Å². The molecule has 0 bridgehead atoms. The number of hydrogen-bond acceptors (Lipinski definition) is 8. The van der Waals surface area contributed by atoms with Crippen LogP contribution in [0.2, 0.25) is 0 Å². The van der Waals surface area contributed by atoms with Crippen LogP contribution in [0.4, 0.5) is 0 Å². The molecule has 13 heteroatoms. The van der Waals surface area contributed by atoms with Gasteiger partial charge in [0.15, 0.2) is 23.2 Å². The summed E-state index contributed by atoms with van der Waals surface area (Å²) < 4.78 is 55.9. The summed E-state index contributed by atoms with van der Waals surface area (Å²) in [5.74, 6) is -0.519. The molecule has 0 aliphatic carbocycles. The van der Waals surface area contributed by atoms with Crippen molar-refractivity contribution in [2.24, 2.45) is 0 Å². The van der Waals surface area contributed by atoms with Crippen molar-refractivity contribution in [2.45, 2.75) is 31.1 Å². The van der Waals surface area contributed by atoms with Crippen LogP contribution >= 0.6 is 7.82 Å². The summed E-state index contributed by atoms with van der Waals surface area (Å²) >= 11 is 0. The van der Waals surface area contributed by atoms with Gasteiger partial charge in [0, 0.05) is 12.5 Å². The Hall–Kier alpha value is -1.59. The van der Waals surface area contributed by atoms with Gasteiger partial charge in [-0.05, 0) is 36.6 Å². The van der Waals surface area contributed by atoms with E-state index in [-0.39, 0.29) is 81.6 Å². The van der Waals surface area contributed by atoms with Gasteiger partial charge < -0.3 is 18.7 Å². The molecule has 1 aliphatic rings. The number of benzene rings is 2. The topological polar surface area (TPSA) is 146 Å². The molecule has 0 saturated carbocycles. The third kappa shape index (κ3) is 6.95. The van der Waals surface area contributed by atoms with Crippen LogP contribution in [0.1, 0.15) is 35.7 Å². The molecule has 0 aromatic heterocycles. The number of phosphoric ester groups is 1. The second kappa shape index (κ2) is 11.2. The van der Waals surface area contributed by atoms with Crippen molar-refractivity contribution in [2.75, 3.05) is 19.7 Å². The Morgan fingerprint density at radius 2 is 1.88 bits per heavy atom. The number of sulfone groups is 1. The molecule has 0 fully saturated rings. The molecular weight excluding hydrogens is 486 g/mol. The Kier molecular flexibility index (Phi) is 9.41. The van der Waals surface area contributed by atoms with Gasteiger partial charge in [-0.3, -0.25) is 14.6 Å². The molecule has 176 valence electrons. The molecule has 10 nitrogen and oxygen atoms in total. The molecule has 3 rings (SSSR count). The maximum absolute atomic E-state index is 12.9. The molecule has 0 saturated heterocycles. The van der Waals surface area contributed by atoms with Gasteiger partial charge in [-0.2, -0.15) is 0 Å². The van der Waals surface area contributed by atoms with E-state index >= 15 is 0 Å². The molecule has 1 heterocycles. The van der Waals surface area contributed by atoms with Crippen LogP contribution in [0.3, 0.4) is 0 Å². The number of methoxy groups -OCH3 is 1. The summed E-state index contributed by atoms with van der Waals surface area (Å²) in [6.07, 6.45) is 0.918. The van der Waals surface area contributed by atoms with E-state index in [1.807, 2.05) is 6.92 Å². The Labute approximate surface area is 213 Å². The number of ketones is 1. The Balaban J connectivity index is 0.00000385. The number of carbonyl (C=O) groups is 1. The van der Waals surface area contributed by atoms with Gasteiger partial charge in [0.05, 0.1) is 19.3 Å². The predicted octanol–water partition coefficient (Wildman–Crippen LogP) is 2.25. The van der Waals surface area contributed by atoms with Crippen LogP contribution < -0.4 is 18.7 Å². The fraction of sp³-hybridized carbons (Fsp3) is 0.350. The molecule has 0 unspecified atom stereocenters. The van der Waals surface area contributed by atoms with Crippen LogP contribution in [-0.2, 0) is 20.8 Å². The normalized spacial score (nSPS) is 13.9. The molecule has 0 amide bonds. The van der Waals surface area contributed by atoms with E-state index in [4.69, 9.17) is 24.0 Å². The van der Waals surface area contributed by atoms with Crippen molar-refractivity contribution in [1.29, 1.82) is 0 Å². The first-order valence-corrected chi connectivity index (χ1v) is 12.8. The Morgan fingerprint density at radius 1 is 1.15 bits per heavy atom. The monoisotopic (exact) mass is 510 g/mol. The molecular formula is C20H24NaO10PS. The van der Waals surface area contributed by atoms with Gasteiger partial charge in [-0.25, -0.2) is 13.0 Å². The van der Waals surface area contributed by atoms with E-state index in [2.05, 4.69) is 4.52 Å². The summed E-state index contributed by atoms with van der Waals surface area (Å²) in [5.41, 5.74) is 0.785. The molecule has 1 aliphatic heterocycles. The maximum atomic E-state index is 12.9. The van der Waals surface area contributed by atoms with E-state index in [0.717, 1.165) is 0 Å². The van der Waals surface area contributed by atoms with Crippen LogP contribution in [0.5, 0.6) is 23.0 Å². The number of aryl methyl sites for hydroxylation is 1. The van der Waals surface area contributed by atoms with Gasteiger partial charge in [0.1, 0.15) is 16.4 Å². The van der Waals surface area contributed by atoms with Gasteiger partial charge in [0.25, 0.3) is 0 Å². The van der Waals surface area contributed by atoms with Crippen molar-refractivity contribution in [3.8, 4) is 23.0 Å². The standard InChI is InChI=1S/C20H23O10PS.Na.H/c1-3-8-28-17-11-20-19(29-12-32(20,25)26)10-14(17)15(21)6-4-13-5-7-16(27-2)18(9-13)30-31(22,23)24;;/h5,7,9-11H,3-4,6,8,12H2,1-2H3,(H2,22,23,24);;. The fourth-order valence-electron chi connectivity index (χ4n) is 3.12. The number of hydrogen-bond donors (Lipinski definition) is 2. The van der Waals surface area contributed by atoms with Crippen molar-refractivity contribution in [3.05, 3.63) is 41.5 Å². The quantitative estimate of drug-likeness (QED) is 0.277. The number of ether oxygens (including phenoxy) is 3. The summed E-state index contributed by atoms with van der Waals surface area (Å²) in [6, 6.07) is 7.21. The van der Waals surface area contributed by atoms with Crippen LogP contribution in [0, 0.1) is 0 Å². The third-order valence-corrected chi connectivity index (χ3v) is 6.45. The summed E-state index contributed by atoms with van der Waals surface area (Å²) in [6.45, 7) is 2.19. The number of phosphoric acid groups is 1. The molecule has 0 atom stereocenters. The van der Waals surface area contributed by atoms with Crippen LogP contribution in [0.25, 0.3) is 0 Å². The summed E-state index contributed by atoms with van der Waals surface area (Å²) in [4.78, 5) is 31.1. The first kappa shape index (κ1) is 27.7. The minimum absolute atomic E-state index is 0. The van der Waals surface area contributed by atoms with Gasteiger partial charge in [0.2, 0.25) is 9.84 Å². The van der Waals surface area contributed by atoms with Crippen molar-refractivity contribution in [3.63, 3.8) is 0 Å². The number of carbonyl (C=O) groups excluding carboxylic acids is 1. The molecule has 0 radical (unpaired) electrons. The average molecular weight is 510 g/mol. The van der Waals surface area contributed by atoms with E-state index in [1.54, 1.807) is 6.07 Å². The Bertz CT molecular complexity index is 1180. The van der Waals surface area contributed by atoms with Gasteiger partial charge in [-0.1, -0.05) is 13.0 Å². The second-order valence-electron chi connectivity index (χ2n) is 7.01. The average Bonchev–Trinajstić information content (AvgIpc) is 3.02. The van der Waals surface area contributed by atoms with Gasteiger partial charge >= 0.3 is 37.4 Å². The molecule has 0 spiro atoms. The van der Waals surface area contributed by atoms with Crippen LogP contribution in [-0.4, -0.2) is 73.2 Å². The van der Waals surface area contributed by atoms with E-state index in [0.29, 0.717) is 18.6 Å². The second-order valence-corrected chi connectivity index (χ2v) is 10.1. The number of Topliss-reactive ketones (excluding diaryl/α,β-unsaturated/α-hetero) is 1. The number of fused-ring (bicyclic) bond motifs is 1. The predicted molar refractivity (Wildman–Crippen MR) is 120 cm³/mol.